The number of anilines is 1. The molecule has 2 aromatic heterocycles. The highest BCUT2D eigenvalue weighted by Crippen LogP contribution is 2.17. The van der Waals surface area contributed by atoms with Gasteiger partial charge in [0.1, 0.15) is 5.65 Å². The predicted molar refractivity (Wildman–Crippen MR) is 98.1 cm³/mol. The molecule has 4 nitrogen and oxygen atoms in total. The van der Waals surface area contributed by atoms with E-state index in [-0.39, 0.29) is 5.91 Å². The number of rotatable bonds is 4. The first-order chi connectivity index (χ1) is 11.5. The van der Waals surface area contributed by atoms with Crippen molar-refractivity contribution in [2.45, 2.75) is 26.7 Å². The summed E-state index contributed by atoms with van der Waals surface area (Å²) in [4.78, 5) is 16.4. The first kappa shape index (κ1) is 16.0. The third-order valence-electron chi connectivity index (χ3n) is 4.11. The lowest BCUT2D eigenvalue weighted by Crippen LogP contribution is -2.10. The molecule has 0 spiro atoms. The number of hydrogen-bond donors (Lipinski definition) is 1. The molecule has 0 saturated heterocycles. The molecule has 122 valence electrons. The van der Waals surface area contributed by atoms with Crippen molar-refractivity contribution in [2.75, 3.05) is 5.32 Å². The van der Waals surface area contributed by atoms with Gasteiger partial charge in [-0.1, -0.05) is 38.1 Å². The molecule has 4 heteroatoms. The number of aryl methyl sites for hydroxylation is 1. The molecule has 0 fully saturated rings. The Morgan fingerprint density at radius 3 is 2.62 bits per heavy atom. The number of benzene rings is 1. The van der Waals surface area contributed by atoms with Crippen molar-refractivity contribution in [2.24, 2.45) is 0 Å². The zero-order chi connectivity index (χ0) is 17.1. The van der Waals surface area contributed by atoms with E-state index in [0.717, 1.165) is 22.6 Å². The van der Waals surface area contributed by atoms with E-state index in [1.807, 2.05) is 47.9 Å². The van der Waals surface area contributed by atoms with Crippen LogP contribution in [-0.2, 0) is 4.79 Å². The average molecular weight is 319 g/mol. The smallest absolute Gasteiger partial charge is 0.248 e. The fourth-order valence-electron chi connectivity index (χ4n) is 2.60. The Morgan fingerprint density at radius 1 is 1.17 bits per heavy atom. The number of nitrogens with one attached hydrogen (secondary N) is 1. The Hall–Kier alpha value is -2.88. The Balaban J connectivity index is 1.71. The summed E-state index contributed by atoms with van der Waals surface area (Å²) < 4.78 is 1.95. The second-order valence-corrected chi connectivity index (χ2v) is 6.13. The first-order valence-electron chi connectivity index (χ1n) is 8.06. The zero-order valence-electron chi connectivity index (χ0n) is 14.2. The molecular weight excluding hydrogens is 298 g/mol. The Bertz CT molecular complexity index is 889. The maximum absolute atomic E-state index is 12.2. The highest BCUT2D eigenvalue weighted by molar-refractivity contribution is 6.02. The van der Waals surface area contributed by atoms with Crippen LogP contribution in [0.15, 0.2) is 54.9 Å². The van der Waals surface area contributed by atoms with Crippen molar-refractivity contribution < 1.29 is 4.79 Å². The molecule has 0 aliphatic carbocycles. The van der Waals surface area contributed by atoms with Gasteiger partial charge in [0.05, 0.1) is 5.69 Å². The molecule has 0 saturated carbocycles. The molecule has 0 aliphatic heterocycles. The van der Waals surface area contributed by atoms with Gasteiger partial charge in [-0.2, -0.15) is 0 Å². The van der Waals surface area contributed by atoms with Crippen LogP contribution in [0.4, 0.5) is 5.69 Å². The van der Waals surface area contributed by atoms with Gasteiger partial charge in [0.15, 0.2) is 0 Å². The van der Waals surface area contributed by atoms with Gasteiger partial charge in [0, 0.05) is 24.2 Å². The summed E-state index contributed by atoms with van der Waals surface area (Å²) in [6.07, 6.45) is 7.01. The number of nitrogens with zero attached hydrogens (tertiary/aromatic N) is 2. The van der Waals surface area contributed by atoms with Crippen molar-refractivity contribution in [1.29, 1.82) is 0 Å². The molecule has 3 rings (SSSR count). The largest absolute Gasteiger partial charge is 0.321 e. The normalized spacial score (nSPS) is 11.5. The maximum Gasteiger partial charge on any atom is 0.248 e. The summed E-state index contributed by atoms with van der Waals surface area (Å²) in [5.41, 5.74) is 4.90. The number of imidazole rings is 1. The Morgan fingerprint density at radius 2 is 1.92 bits per heavy atom. The quantitative estimate of drug-likeness (QED) is 0.724. The summed E-state index contributed by atoms with van der Waals surface area (Å²) in [6.45, 7) is 6.29. The summed E-state index contributed by atoms with van der Waals surface area (Å²) in [6, 6.07) is 12.0. The van der Waals surface area contributed by atoms with E-state index < -0.39 is 0 Å². The third-order valence-corrected chi connectivity index (χ3v) is 4.11. The van der Waals surface area contributed by atoms with Gasteiger partial charge in [-0.3, -0.25) is 4.79 Å². The highest BCUT2D eigenvalue weighted by atomic mass is 16.1. The molecule has 0 radical (unpaired) electrons. The van der Waals surface area contributed by atoms with Crippen molar-refractivity contribution in [1.82, 2.24) is 9.38 Å². The molecule has 1 N–H and O–H groups in total. The van der Waals surface area contributed by atoms with E-state index in [2.05, 4.69) is 36.3 Å². The van der Waals surface area contributed by atoms with Crippen LogP contribution in [0.2, 0.25) is 0 Å². The number of amides is 1. The van der Waals surface area contributed by atoms with Gasteiger partial charge in [-0.25, -0.2) is 4.98 Å². The number of hydrogen-bond acceptors (Lipinski definition) is 2. The molecule has 3 aromatic rings. The van der Waals surface area contributed by atoms with Crippen LogP contribution >= 0.6 is 0 Å². The molecule has 0 bridgehead atoms. The molecule has 24 heavy (non-hydrogen) atoms. The molecule has 1 amide bonds. The van der Waals surface area contributed by atoms with E-state index >= 15 is 0 Å². The second kappa shape index (κ2) is 6.71. The van der Waals surface area contributed by atoms with Crippen LogP contribution in [0.1, 0.15) is 36.6 Å². The van der Waals surface area contributed by atoms with Gasteiger partial charge in [0.25, 0.3) is 0 Å². The summed E-state index contributed by atoms with van der Waals surface area (Å²) in [5.74, 6) is 0.359. The van der Waals surface area contributed by atoms with E-state index in [9.17, 15) is 4.79 Å². The standard InChI is InChI=1S/C20H21N3O/c1-14(2)17-7-4-16(5-8-17)6-11-20(24)22-18-9-10-19-21-12-13-23(19)15(18)3/h4-14H,1-3H3,(H,22,24)/b11-6+. The van der Waals surface area contributed by atoms with Crippen LogP contribution in [0.3, 0.4) is 0 Å². The van der Waals surface area contributed by atoms with Crippen LogP contribution in [0, 0.1) is 6.92 Å². The Labute approximate surface area is 141 Å². The molecule has 0 unspecified atom stereocenters. The summed E-state index contributed by atoms with van der Waals surface area (Å²) in [5, 5.41) is 2.92. The van der Waals surface area contributed by atoms with Gasteiger partial charge in [0.2, 0.25) is 5.91 Å². The lowest BCUT2D eigenvalue weighted by atomic mass is 10.0. The van der Waals surface area contributed by atoms with Crippen molar-refractivity contribution in [3.63, 3.8) is 0 Å². The monoisotopic (exact) mass is 319 g/mol. The molecule has 1 aromatic carbocycles. The Kier molecular flexibility index (Phi) is 4.47. The number of carbonyl (C=O) groups excluding carboxylic acids is 1. The molecular formula is C20H21N3O. The second-order valence-electron chi connectivity index (χ2n) is 6.13. The molecule has 2 heterocycles. The van der Waals surface area contributed by atoms with Crippen molar-refractivity contribution in [3.8, 4) is 0 Å². The predicted octanol–water partition coefficient (Wildman–Crippen LogP) is 4.42. The number of carbonyl (C=O) groups is 1. The molecule has 0 atom stereocenters. The minimum absolute atomic E-state index is 0.148. The average Bonchev–Trinajstić information content (AvgIpc) is 3.05. The topological polar surface area (TPSA) is 46.4 Å². The van der Waals surface area contributed by atoms with E-state index in [0.29, 0.717) is 5.92 Å². The van der Waals surface area contributed by atoms with Gasteiger partial charge in [-0.05, 0) is 42.2 Å². The van der Waals surface area contributed by atoms with Crippen molar-refractivity contribution in [3.05, 3.63) is 71.7 Å². The third kappa shape index (κ3) is 3.38. The van der Waals surface area contributed by atoms with E-state index in [4.69, 9.17) is 0 Å². The maximum atomic E-state index is 12.2. The number of pyridine rings is 1. The van der Waals surface area contributed by atoms with Gasteiger partial charge < -0.3 is 9.72 Å². The van der Waals surface area contributed by atoms with Crippen LogP contribution in [0.5, 0.6) is 0 Å². The van der Waals surface area contributed by atoms with Crippen LogP contribution in [0.25, 0.3) is 11.7 Å². The fraction of sp³-hybridized carbons (Fsp3) is 0.200. The lowest BCUT2D eigenvalue weighted by Gasteiger charge is -2.08. The van der Waals surface area contributed by atoms with Crippen LogP contribution in [-0.4, -0.2) is 15.3 Å². The summed E-state index contributed by atoms with van der Waals surface area (Å²) in [7, 11) is 0. The van der Waals surface area contributed by atoms with Gasteiger partial charge >= 0.3 is 0 Å². The highest BCUT2D eigenvalue weighted by Gasteiger charge is 2.05. The number of aromatic nitrogens is 2. The SMILES string of the molecule is Cc1c(NC(=O)/C=C/c2ccc(C(C)C)cc2)ccc2nccn12. The van der Waals surface area contributed by atoms with E-state index in [1.54, 1.807) is 12.3 Å². The van der Waals surface area contributed by atoms with Crippen molar-refractivity contribution >= 4 is 23.3 Å². The fourth-order valence-corrected chi connectivity index (χ4v) is 2.60. The van der Waals surface area contributed by atoms with E-state index in [1.165, 1.54) is 5.56 Å². The minimum Gasteiger partial charge on any atom is -0.321 e. The minimum atomic E-state index is -0.148. The zero-order valence-corrected chi connectivity index (χ0v) is 14.2. The summed E-state index contributed by atoms with van der Waals surface area (Å²) >= 11 is 0. The van der Waals surface area contributed by atoms with Gasteiger partial charge in [-0.15, -0.1) is 0 Å². The lowest BCUT2D eigenvalue weighted by molar-refractivity contribution is -0.111. The molecule has 0 aliphatic rings. The number of fused-ring (bicyclic) bond motifs is 1. The first-order valence-corrected chi connectivity index (χ1v) is 8.06. The van der Waals surface area contributed by atoms with Crippen LogP contribution < -0.4 is 5.32 Å².